The van der Waals surface area contributed by atoms with Crippen LogP contribution in [0.1, 0.15) is 17.5 Å². The predicted octanol–water partition coefficient (Wildman–Crippen LogP) is 6.26. The molecule has 0 saturated carbocycles. The third kappa shape index (κ3) is 4.42. The monoisotopic (exact) mass is 378 g/mol. The number of aryl methyl sites for hydroxylation is 1. The molecule has 5 heteroatoms. The first-order valence-corrected chi connectivity index (χ1v) is 10.2. The fraction of sp³-hybridized carbons (Fsp3) is 0.0909. The van der Waals surface area contributed by atoms with Gasteiger partial charge >= 0.3 is 7.82 Å². The number of rotatable bonds is 6. The molecule has 0 atom stereocenters. The Labute approximate surface area is 158 Å². The molecule has 3 aromatic rings. The van der Waals surface area contributed by atoms with Gasteiger partial charge in [-0.15, -0.1) is 0 Å². The van der Waals surface area contributed by atoms with Gasteiger partial charge in [0.05, 0.1) is 0 Å². The number of allylic oxidation sites excluding steroid dienone is 1. The topological polar surface area (TPSA) is 44.8 Å². The van der Waals surface area contributed by atoms with Crippen molar-refractivity contribution in [2.45, 2.75) is 12.8 Å². The van der Waals surface area contributed by atoms with Crippen molar-refractivity contribution in [3.05, 3.63) is 102 Å². The van der Waals surface area contributed by atoms with Crippen molar-refractivity contribution in [3.63, 3.8) is 0 Å². The van der Waals surface area contributed by atoms with Crippen LogP contribution in [0.4, 0.5) is 0 Å². The zero-order valence-corrected chi connectivity index (χ0v) is 15.5. The SMILES string of the molecule is O=P(OC1=Cc2ccccc2CC1)(Oc1ccccc1)Oc1ccccc1. The maximum absolute atomic E-state index is 13.4. The summed E-state index contributed by atoms with van der Waals surface area (Å²) in [5.74, 6) is 1.44. The maximum atomic E-state index is 13.4. The second kappa shape index (κ2) is 7.73. The molecule has 136 valence electrons. The number of fused-ring (bicyclic) bond motifs is 1. The van der Waals surface area contributed by atoms with Gasteiger partial charge < -0.3 is 13.6 Å². The molecule has 0 fully saturated rings. The minimum absolute atomic E-state index is 0.425. The highest BCUT2D eigenvalue weighted by atomic mass is 31.2. The molecule has 0 bridgehead atoms. The summed E-state index contributed by atoms with van der Waals surface area (Å²) >= 11 is 0. The Hall–Kier alpha value is -2.97. The second-order valence-electron chi connectivity index (χ2n) is 6.16. The quantitative estimate of drug-likeness (QED) is 0.475. The molecule has 0 spiro atoms. The van der Waals surface area contributed by atoms with Gasteiger partial charge in [-0.1, -0.05) is 60.7 Å². The predicted molar refractivity (Wildman–Crippen MR) is 106 cm³/mol. The van der Waals surface area contributed by atoms with E-state index in [1.165, 1.54) is 5.56 Å². The largest absolute Gasteiger partial charge is 0.646 e. The van der Waals surface area contributed by atoms with Gasteiger partial charge in [0.1, 0.15) is 17.3 Å². The highest BCUT2D eigenvalue weighted by molar-refractivity contribution is 7.49. The molecule has 0 N–H and O–H groups in total. The molecule has 4 nitrogen and oxygen atoms in total. The molecule has 0 saturated heterocycles. The van der Waals surface area contributed by atoms with Crippen LogP contribution < -0.4 is 9.05 Å². The minimum atomic E-state index is -3.91. The highest BCUT2D eigenvalue weighted by Crippen LogP contribution is 2.52. The standard InChI is InChI=1S/C22H19O4P/c23-27(24-20-11-3-1-4-12-20,25-21-13-5-2-6-14-21)26-22-16-15-18-9-7-8-10-19(18)17-22/h1-14,17H,15-16H2. The van der Waals surface area contributed by atoms with Crippen LogP contribution >= 0.6 is 7.82 Å². The minimum Gasteiger partial charge on any atom is -0.390 e. The van der Waals surface area contributed by atoms with Gasteiger partial charge in [0.15, 0.2) is 0 Å². The molecule has 3 aromatic carbocycles. The summed E-state index contributed by atoms with van der Waals surface area (Å²) in [4.78, 5) is 0. The van der Waals surface area contributed by atoms with Crippen LogP contribution in [0.3, 0.4) is 0 Å². The molecular formula is C22H19O4P. The van der Waals surface area contributed by atoms with Crippen molar-refractivity contribution in [2.24, 2.45) is 0 Å². The first-order valence-electron chi connectivity index (χ1n) is 8.78. The van der Waals surface area contributed by atoms with E-state index in [9.17, 15) is 4.57 Å². The normalized spacial score (nSPS) is 13.3. The zero-order valence-electron chi connectivity index (χ0n) is 14.7. The lowest BCUT2D eigenvalue weighted by molar-refractivity contribution is 0.252. The molecule has 1 aliphatic carbocycles. The van der Waals surface area contributed by atoms with Crippen LogP contribution in [0.5, 0.6) is 11.5 Å². The van der Waals surface area contributed by atoms with Gasteiger partial charge in [-0.3, -0.25) is 0 Å². The Morgan fingerprint density at radius 3 is 1.81 bits per heavy atom. The Morgan fingerprint density at radius 1 is 0.630 bits per heavy atom. The Bertz CT molecular complexity index is 938. The third-order valence-corrected chi connectivity index (χ3v) is 5.49. The summed E-state index contributed by atoms with van der Waals surface area (Å²) < 4.78 is 30.6. The Kier molecular flexibility index (Phi) is 4.99. The molecule has 4 rings (SSSR count). The summed E-state index contributed by atoms with van der Waals surface area (Å²) in [7, 11) is -3.91. The summed E-state index contributed by atoms with van der Waals surface area (Å²) in [5, 5.41) is 0. The van der Waals surface area contributed by atoms with Crippen molar-refractivity contribution >= 4 is 13.9 Å². The van der Waals surface area contributed by atoms with Gasteiger partial charge in [0.2, 0.25) is 0 Å². The van der Waals surface area contributed by atoms with E-state index in [1.807, 2.05) is 36.4 Å². The maximum Gasteiger partial charge on any atom is 0.646 e. The van der Waals surface area contributed by atoms with Crippen molar-refractivity contribution in [2.75, 3.05) is 0 Å². The second-order valence-corrected chi connectivity index (χ2v) is 7.60. The van der Waals surface area contributed by atoms with E-state index in [1.54, 1.807) is 48.5 Å². The van der Waals surface area contributed by atoms with E-state index in [0.717, 1.165) is 12.0 Å². The van der Waals surface area contributed by atoms with Crippen molar-refractivity contribution in [1.82, 2.24) is 0 Å². The lowest BCUT2D eigenvalue weighted by Gasteiger charge is -2.23. The van der Waals surface area contributed by atoms with Crippen molar-refractivity contribution in [3.8, 4) is 11.5 Å². The molecule has 1 aliphatic rings. The molecule has 0 radical (unpaired) electrons. The van der Waals surface area contributed by atoms with E-state index in [2.05, 4.69) is 6.07 Å². The van der Waals surface area contributed by atoms with E-state index in [0.29, 0.717) is 23.7 Å². The van der Waals surface area contributed by atoms with Gasteiger partial charge in [-0.05, 0) is 47.9 Å². The first-order chi connectivity index (χ1) is 13.2. The summed E-state index contributed by atoms with van der Waals surface area (Å²) in [5.41, 5.74) is 2.30. The highest BCUT2D eigenvalue weighted by Gasteiger charge is 2.34. The number of hydrogen-bond acceptors (Lipinski definition) is 4. The molecule has 0 amide bonds. The molecule has 0 unspecified atom stereocenters. The molecule has 0 aromatic heterocycles. The van der Waals surface area contributed by atoms with Crippen LogP contribution in [-0.4, -0.2) is 0 Å². The summed E-state index contributed by atoms with van der Waals surface area (Å²) in [6, 6.07) is 25.9. The van der Waals surface area contributed by atoms with E-state index < -0.39 is 7.82 Å². The first kappa shape index (κ1) is 17.4. The number of hydrogen-bond donors (Lipinski definition) is 0. The number of phosphoric acid groups is 1. The summed E-state index contributed by atoms with van der Waals surface area (Å²) in [6.07, 6.45) is 3.35. The van der Waals surface area contributed by atoms with E-state index in [4.69, 9.17) is 13.6 Å². The number of phosphoric ester groups is 1. The van der Waals surface area contributed by atoms with Gasteiger partial charge in [0, 0.05) is 6.42 Å². The van der Waals surface area contributed by atoms with Gasteiger partial charge in [0.25, 0.3) is 0 Å². The van der Waals surface area contributed by atoms with E-state index >= 15 is 0 Å². The molecule has 27 heavy (non-hydrogen) atoms. The van der Waals surface area contributed by atoms with Crippen LogP contribution in [0.25, 0.3) is 6.08 Å². The van der Waals surface area contributed by atoms with Gasteiger partial charge in [-0.25, -0.2) is 0 Å². The number of para-hydroxylation sites is 2. The van der Waals surface area contributed by atoms with Crippen molar-refractivity contribution in [1.29, 1.82) is 0 Å². The fourth-order valence-electron chi connectivity index (χ4n) is 2.90. The smallest absolute Gasteiger partial charge is 0.390 e. The Balaban J connectivity index is 1.62. The third-order valence-electron chi connectivity index (χ3n) is 4.16. The fourth-order valence-corrected chi connectivity index (χ4v) is 4.20. The average molecular weight is 378 g/mol. The van der Waals surface area contributed by atoms with Crippen LogP contribution in [-0.2, 0) is 15.5 Å². The van der Waals surface area contributed by atoms with Gasteiger partial charge in [-0.2, -0.15) is 4.57 Å². The van der Waals surface area contributed by atoms with Crippen LogP contribution in [0.15, 0.2) is 90.7 Å². The van der Waals surface area contributed by atoms with E-state index in [-0.39, 0.29) is 0 Å². The zero-order chi connectivity index (χ0) is 18.5. The van der Waals surface area contributed by atoms with Crippen LogP contribution in [0, 0.1) is 0 Å². The molecule has 0 heterocycles. The Morgan fingerprint density at radius 2 is 1.19 bits per heavy atom. The number of benzene rings is 3. The molecular weight excluding hydrogens is 359 g/mol. The molecule has 0 aliphatic heterocycles. The lowest BCUT2D eigenvalue weighted by atomic mass is 9.97. The van der Waals surface area contributed by atoms with Crippen LogP contribution in [0.2, 0.25) is 0 Å². The average Bonchev–Trinajstić information content (AvgIpc) is 2.69. The lowest BCUT2D eigenvalue weighted by Crippen LogP contribution is -2.08. The van der Waals surface area contributed by atoms with Crippen molar-refractivity contribution < 1.29 is 18.1 Å². The summed E-state index contributed by atoms with van der Waals surface area (Å²) in [6.45, 7) is 0.